The molecule has 0 aliphatic rings. The summed E-state index contributed by atoms with van der Waals surface area (Å²) < 4.78 is 23.5. The van der Waals surface area contributed by atoms with Gasteiger partial charge in [-0.3, -0.25) is 5.73 Å². The highest BCUT2D eigenvalue weighted by Gasteiger charge is 2.57. The monoisotopic (exact) mass is 434 g/mol. The van der Waals surface area contributed by atoms with Gasteiger partial charge in [0.05, 0.1) is 6.61 Å². The summed E-state index contributed by atoms with van der Waals surface area (Å²) in [7, 11) is 3.06. The summed E-state index contributed by atoms with van der Waals surface area (Å²) in [5.41, 5.74) is 13.4. The van der Waals surface area contributed by atoms with Crippen LogP contribution in [0.25, 0.3) is 0 Å². The van der Waals surface area contributed by atoms with Crippen molar-refractivity contribution < 1.29 is 24.1 Å². The lowest BCUT2D eigenvalue weighted by Crippen LogP contribution is -2.76. The summed E-state index contributed by atoms with van der Waals surface area (Å²) >= 11 is 0. The van der Waals surface area contributed by atoms with Gasteiger partial charge in [0.1, 0.15) is 5.75 Å². The molecule has 0 spiro atoms. The lowest BCUT2D eigenvalue weighted by molar-refractivity contribution is -0.412. The highest BCUT2D eigenvalue weighted by atomic mass is 16.8. The first-order chi connectivity index (χ1) is 15.0. The number of nitrogens with one attached hydrogen (secondary N) is 2. The van der Waals surface area contributed by atoms with Crippen molar-refractivity contribution in [3.05, 3.63) is 66.2 Å². The van der Waals surface area contributed by atoms with Gasteiger partial charge in [0.25, 0.3) is 5.91 Å². The maximum Gasteiger partial charge on any atom is 0.302 e. The number of hydrogen-bond donors (Lipinski definition) is 4. The van der Waals surface area contributed by atoms with Gasteiger partial charge in [-0.05, 0) is 24.6 Å². The van der Waals surface area contributed by atoms with Gasteiger partial charge in [-0.2, -0.15) is 0 Å². The van der Waals surface area contributed by atoms with Crippen LogP contribution >= 0.6 is 0 Å². The molecule has 0 aliphatic heterocycles. The second-order valence-electron chi connectivity index (χ2n) is 6.65. The van der Waals surface area contributed by atoms with Crippen molar-refractivity contribution in [2.45, 2.75) is 38.4 Å². The van der Waals surface area contributed by atoms with E-state index in [0.717, 1.165) is 5.56 Å². The van der Waals surface area contributed by atoms with Gasteiger partial charge in [-0.15, -0.1) is 5.12 Å². The molecule has 2 rings (SSSR count). The molecule has 9 nitrogen and oxygen atoms in total. The smallest absolute Gasteiger partial charge is 0.302 e. The molecule has 0 amide bonds. The number of hydrazine groups is 2. The Morgan fingerprint density at radius 3 is 2.16 bits per heavy atom. The number of para-hydroxylation sites is 1. The number of aliphatic hydroxyl groups is 1. The van der Waals surface area contributed by atoms with Crippen LogP contribution in [-0.4, -0.2) is 55.5 Å². The van der Waals surface area contributed by atoms with Crippen LogP contribution in [0.5, 0.6) is 5.75 Å². The topological polar surface area (TPSA) is 110 Å². The van der Waals surface area contributed by atoms with E-state index >= 15 is 0 Å². The summed E-state index contributed by atoms with van der Waals surface area (Å²) in [5.74, 6) is -3.40. The molecule has 31 heavy (non-hydrogen) atoms. The van der Waals surface area contributed by atoms with Crippen LogP contribution in [0.15, 0.2) is 60.7 Å². The van der Waals surface area contributed by atoms with Crippen LogP contribution in [0.3, 0.4) is 0 Å². The zero-order valence-corrected chi connectivity index (χ0v) is 18.6. The number of ether oxygens (including phenoxy) is 4. The Morgan fingerprint density at radius 2 is 1.65 bits per heavy atom. The van der Waals surface area contributed by atoms with Gasteiger partial charge < -0.3 is 24.1 Å². The summed E-state index contributed by atoms with van der Waals surface area (Å²) in [6.07, 6.45) is -1.62. The molecule has 0 saturated carbocycles. The van der Waals surface area contributed by atoms with Crippen LogP contribution in [0, 0.1) is 0 Å². The minimum absolute atomic E-state index is 0.0912. The zero-order chi connectivity index (χ0) is 22.7. The molecule has 0 bridgehead atoms. The van der Waals surface area contributed by atoms with E-state index in [4.69, 9.17) is 24.7 Å². The van der Waals surface area contributed by atoms with Gasteiger partial charge >= 0.3 is 5.91 Å². The first kappa shape index (κ1) is 25.2. The van der Waals surface area contributed by atoms with Crippen molar-refractivity contribution in [1.82, 2.24) is 16.0 Å². The number of methoxy groups -OCH3 is 1. The molecule has 5 N–H and O–H groups in total. The maximum atomic E-state index is 11.5. The molecule has 0 heterocycles. The summed E-state index contributed by atoms with van der Waals surface area (Å²) in [6, 6.07) is 18.3. The molecule has 3 atom stereocenters. The van der Waals surface area contributed by atoms with E-state index in [1.807, 2.05) is 43.3 Å². The van der Waals surface area contributed by atoms with E-state index in [0.29, 0.717) is 12.3 Å². The number of nitrogens with two attached hydrogens (primary N) is 1. The third kappa shape index (κ3) is 6.22. The third-order valence-corrected chi connectivity index (χ3v) is 4.55. The fourth-order valence-electron chi connectivity index (χ4n) is 3.10. The van der Waals surface area contributed by atoms with Crippen molar-refractivity contribution in [1.29, 1.82) is 0 Å². The molecule has 2 aromatic rings. The van der Waals surface area contributed by atoms with Gasteiger partial charge in [0, 0.05) is 27.3 Å². The number of benzene rings is 2. The van der Waals surface area contributed by atoms with Gasteiger partial charge in [-0.25, -0.2) is 10.9 Å². The molecule has 0 fully saturated rings. The van der Waals surface area contributed by atoms with Crippen LogP contribution in [0.2, 0.25) is 0 Å². The van der Waals surface area contributed by atoms with Gasteiger partial charge in [0.15, 0.2) is 0 Å². The lowest BCUT2D eigenvalue weighted by Gasteiger charge is -2.47. The predicted octanol–water partition coefficient (Wildman–Crippen LogP) is 1.55. The minimum Gasteiger partial charge on any atom is -0.446 e. The predicted molar refractivity (Wildman–Crippen MR) is 117 cm³/mol. The van der Waals surface area contributed by atoms with Crippen LogP contribution in [-0.2, 0) is 20.8 Å². The highest BCUT2D eigenvalue weighted by Crippen LogP contribution is 2.30. The second kappa shape index (κ2) is 12.1. The molecule has 172 valence electrons. The molecule has 0 radical (unpaired) electrons. The minimum atomic E-state index is -2.03. The van der Waals surface area contributed by atoms with Gasteiger partial charge in [0.2, 0.25) is 6.10 Å². The normalized spacial score (nSPS) is 16.5. The highest BCUT2D eigenvalue weighted by molar-refractivity contribution is 5.22. The van der Waals surface area contributed by atoms with Crippen molar-refractivity contribution >= 4 is 0 Å². The fraction of sp³-hybridized carbons (Fsp3) is 0.455. The lowest BCUT2D eigenvalue weighted by atomic mass is 10.1. The zero-order valence-electron chi connectivity index (χ0n) is 18.6. The van der Waals surface area contributed by atoms with Crippen molar-refractivity contribution in [3.8, 4) is 5.75 Å². The third-order valence-electron chi connectivity index (χ3n) is 4.55. The first-order valence-electron chi connectivity index (χ1n) is 10.2. The van der Waals surface area contributed by atoms with Crippen molar-refractivity contribution in [3.63, 3.8) is 0 Å². The Bertz CT molecular complexity index is 754. The summed E-state index contributed by atoms with van der Waals surface area (Å²) in [4.78, 5) is 0. The molecule has 0 saturated heterocycles. The quantitative estimate of drug-likeness (QED) is 0.260. The Balaban J connectivity index is 2.44. The van der Waals surface area contributed by atoms with Crippen LogP contribution in [0.4, 0.5) is 0 Å². The molecule has 3 unspecified atom stereocenters. The number of nitrogens with zero attached hydrogens (tertiary/aromatic N) is 1. The molecule has 0 aromatic heterocycles. The summed E-state index contributed by atoms with van der Waals surface area (Å²) in [5, 5.41) is 12.9. The number of rotatable bonds is 14. The van der Waals surface area contributed by atoms with E-state index in [1.165, 1.54) is 12.2 Å². The summed E-state index contributed by atoms with van der Waals surface area (Å²) in [6.45, 7) is 4.50. The first-order valence-corrected chi connectivity index (χ1v) is 10.2. The average molecular weight is 435 g/mol. The van der Waals surface area contributed by atoms with Crippen LogP contribution < -0.4 is 21.3 Å². The Morgan fingerprint density at radius 1 is 1.03 bits per heavy atom. The van der Waals surface area contributed by atoms with E-state index in [1.54, 1.807) is 38.2 Å². The van der Waals surface area contributed by atoms with E-state index in [2.05, 4.69) is 10.9 Å². The second-order valence-corrected chi connectivity index (χ2v) is 6.65. The largest absolute Gasteiger partial charge is 0.446 e. The Labute approximate surface area is 184 Å². The van der Waals surface area contributed by atoms with Crippen molar-refractivity contribution in [2.75, 3.05) is 27.3 Å². The molecular formula is C22H34N4O5. The average Bonchev–Trinajstić information content (AvgIpc) is 2.81. The van der Waals surface area contributed by atoms with E-state index < -0.39 is 17.9 Å². The van der Waals surface area contributed by atoms with E-state index in [-0.39, 0.29) is 13.2 Å². The molecular weight excluding hydrogens is 400 g/mol. The van der Waals surface area contributed by atoms with Crippen LogP contribution in [0.1, 0.15) is 19.4 Å². The van der Waals surface area contributed by atoms with E-state index in [9.17, 15) is 5.11 Å². The number of aliphatic hydroxyl groups excluding tert-OH is 1. The number of hydrogen-bond acceptors (Lipinski definition) is 9. The standard InChI is InChI=1S/C22H34N4O5/c1-5-25-26(24-3)22(28-4,29-6-2)20(27)21(23,31-19-15-11-8-12-16-19)30-17-18-13-9-7-10-14-18/h7-16,20,24-25,27H,5-6,17,23H2,1-4H3. The Kier molecular flexibility index (Phi) is 9.82. The SMILES string of the molecule is CCNN(NC)C(OC)(OCC)C(O)C(N)(OCc1ccccc1)Oc1ccccc1. The molecule has 0 aliphatic carbocycles. The van der Waals surface area contributed by atoms with Gasteiger partial charge in [-0.1, -0.05) is 55.5 Å². The van der Waals surface area contributed by atoms with Crippen molar-refractivity contribution in [2.24, 2.45) is 5.73 Å². The molecule has 2 aromatic carbocycles. The molecule has 9 heteroatoms. The Hall–Kier alpha value is -2.08. The fourth-order valence-corrected chi connectivity index (χ4v) is 3.10. The maximum absolute atomic E-state index is 11.5.